The molecule has 3 atom stereocenters. The molecule has 2 fully saturated rings. The lowest BCUT2D eigenvalue weighted by atomic mass is 10.0. The normalized spacial score (nSPS) is 27.3. The summed E-state index contributed by atoms with van der Waals surface area (Å²) in [6.45, 7) is 5.11. The molecule has 2 aromatic rings. The van der Waals surface area contributed by atoms with Crippen LogP contribution in [0.3, 0.4) is 0 Å². The number of furan rings is 1. The number of hydrogen-bond acceptors (Lipinski definition) is 5. The van der Waals surface area contributed by atoms with E-state index < -0.39 is 0 Å². The minimum Gasteiger partial charge on any atom is -0.465 e. The highest BCUT2D eigenvalue weighted by molar-refractivity contribution is 5.09. The van der Waals surface area contributed by atoms with Gasteiger partial charge in [0, 0.05) is 31.6 Å². The lowest BCUT2D eigenvalue weighted by Gasteiger charge is -2.32. The molecule has 4 rings (SSSR count). The zero-order valence-electron chi connectivity index (χ0n) is 14.1. The molecule has 0 bridgehead atoms. The molecule has 0 aromatic carbocycles. The van der Waals surface area contributed by atoms with Gasteiger partial charge in [0.05, 0.1) is 19.3 Å². The predicted octanol–water partition coefficient (Wildman–Crippen LogP) is 2.93. The highest BCUT2D eigenvalue weighted by Gasteiger charge is 2.44. The number of hydrogen-bond donors (Lipinski definition) is 0. The molecule has 5 heteroatoms. The van der Waals surface area contributed by atoms with E-state index in [0.29, 0.717) is 12.6 Å². The van der Waals surface area contributed by atoms with Gasteiger partial charge in [-0.2, -0.15) is 0 Å². The van der Waals surface area contributed by atoms with Gasteiger partial charge in [-0.15, -0.1) is 0 Å². The van der Waals surface area contributed by atoms with Crippen molar-refractivity contribution in [1.29, 1.82) is 0 Å². The first-order chi connectivity index (χ1) is 11.8. The summed E-state index contributed by atoms with van der Waals surface area (Å²) < 4.78 is 18.0. The summed E-state index contributed by atoms with van der Waals surface area (Å²) in [7, 11) is 0. The van der Waals surface area contributed by atoms with E-state index >= 15 is 0 Å². The maximum atomic E-state index is 6.19. The maximum absolute atomic E-state index is 6.19. The van der Waals surface area contributed by atoms with Gasteiger partial charge in [0.1, 0.15) is 17.6 Å². The minimum absolute atomic E-state index is 0.103. The molecule has 0 saturated carbocycles. The van der Waals surface area contributed by atoms with Gasteiger partial charge in [0.15, 0.2) is 0 Å². The molecule has 2 aliphatic rings. The number of nitrogens with zero attached hydrogens (tertiary/aromatic N) is 2. The van der Waals surface area contributed by atoms with E-state index in [-0.39, 0.29) is 12.2 Å². The number of aromatic nitrogens is 1. The summed E-state index contributed by atoms with van der Waals surface area (Å²) >= 11 is 0. The maximum Gasteiger partial charge on any atom is 0.118 e. The average Bonchev–Trinajstić information content (AvgIpc) is 3.18. The van der Waals surface area contributed by atoms with Gasteiger partial charge in [-0.25, -0.2) is 0 Å². The first-order valence-corrected chi connectivity index (χ1v) is 8.71. The zero-order chi connectivity index (χ0) is 16.4. The van der Waals surface area contributed by atoms with Crippen molar-refractivity contribution in [3.8, 4) is 0 Å². The third-order valence-corrected chi connectivity index (χ3v) is 4.93. The van der Waals surface area contributed by atoms with Crippen molar-refractivity contribution in [2.75, 3.05) is 13.2 Å². The van der Waals surface area contributed by atoms with Crippen molar-refractivity contribution >= 4 is 0 Å². The van der Waals surface area contributed by atoms with Gasteiger partial charge in [0.25, 0.3) is 0 Å². The molecule has 5 nitrogen and oxygen atoms in total. The highest BCUT2D eigenvalue weighted by Crippen LogP contribution is 2.32. The fourth-order valence-electron chi connectivity index (χ4n) is 3.79. The summed E-state index contributed by atoms with van der Waals surface area (Å²) in [6, 6.07) is 8.50. The second-order valence-electron chi connectivity index (χ2n) is 6.70. The minimum atomic E-state index is 0.103. The topological polar surface area (TPSA) is 47.7 Å². The van der Waals surface area contributed by atoms with Crippen molar-refractivity contribution in [1.82, 2.24) is 9.88 Å². The van der Waals surface area contributed by atoms with Crippen LogP contribution in [0.1, 0.15) is 29.9 Å². The molecule has 0 unspecified atom stereocenters. The molecule has 0 amide bonds. The van der Waals surface area contributed by atoms with Crippen molar-refractivity contribution in [3.05, 3.63) is 53.7 Å². The Balaban J connectivity index is 1.42. The Morgan fingerprint density at radius 2 is 2.29 bits per heavy atom. The van der Waals surface area contributed by atoms with Crippen LogP contribution in [0.25, 0.3) is 0 Å². The monoisotopic (exact) mass is 328 g/mol. The van der Waals surface area contributed by atoms with Crippen molar-refractivity contribution < 1.29 is 13.9 Å². The molecular formula is C19H24N2O3. The third kappa shape index (κ3) is 3.38. The first kappa shape index (κ1) is 15.8. The Morgan fingerprint density at radius 3 is 3.08 bits per heavy atom. The highest BCUT2D eigenvalue weighted by atomic mass is 16.5. The summed E-state index contributed by atoms with van der Waals surface area (Å²) in [6.07, 6.45) is 6.18. The van der Waals surface area contributed by atoms with E-state index in [1.165, 1.54) is 0 Å². The Bertz CT molecular complexity index is 658. The quantitative estimate of drug-likeness (QED) is 0.844. The molecule has 128 valence electrons. The summed E-state index contributed by atoms with van der Waals surface area (Å²) in [5, 5.41) is 0. The number of fused-ring (bicyclic) bond motifs is 1. The smallest absolute Gasteiger partial charge is 0.118 e. The van der Waals surface area contributed by atoms with E-state index in [1.807, 2.05) is 31.3 Å². The number of pyridine rings is 1. The second-order valence-corrected chi connectivity index (χ2v) is 6.70. The SMILES string of the molecule is Cc1ccc(CN2C[C@H](OCc3cccnc3)[C@H]3OCCC[C@H]32)o1. The van der Waals surface area contributed by atoms with Crippen LogP contribution in [-0.4, -0.2) is 41.3 Å². The van der Waals surface area contributed by atoms with E-state index in [2.05, 4.69) is 16.0 Å². The van der Waals surface area contributed by atoms with Crippen LogP contribution >= 0.6 is 0 Å². The van der Waals surface area contributed by atoms with E-state index in [1.54, 1.807) is 6.20 Å². The van der Waals surface area contributed by atoms with Gasteiger partial charge in [-0.1, -0.05) is 6.07 Å². The third-order valence-electron chi connectivity index (χ3n) is 4.93. The summed E-state index contributed by atoms with van der Waals surface area (Å²) in [4.78, 5) is 6.60. The lowest BCUT2D eigenvalue weighted by molar-refractivity contribution is -0.0820. The van der Waals surface area contributed by atoms with Gasteiger partial charge >= 0.3 is 0 Å². The van der Waals surface area contributed by atoms with E-state index in [9.17, 15) is 0 Å². The Hall–Kier alpha value is -1.69. The summed E-state index contributed by atoms with van der Waals surface area (Å²) in [5.74, 6) is 1.98. The van der Waals surface area contributed by atoms with Crippen LogP contribution in [0, 0.1) is 6.92 Å². The molecule has 0 spiro atoms. The first-order valence-electron chi connectivity index (χ1n) is 8.71. The average molecular weight is 328 g/mol. The molecule has 2 aliphatic heterocycles. The standard InChI is InChI=1S/C19H24N2O3/c1-14-6-7-16(24-14)11-21-12-18(19-17(21)5-3-9-22-19)23-13-15-4-2-8-20-10-15/h2,4,6-8,10,17-19H,3,5,9,11-13H2,1H3/t17-,18+,19+/m1/s1. The molecule has 0 N–H and O–H groups in total. The van der Waals surface area contributed by atoms with Crippen LogP contribution in [-0.2, 0) is 22.6 Å². The second kappa shape index (κ2) is 7.05. The largest absolute Gasteiger partial charge is 0.465 e. The molecule has 2 saturated heterocycles. The number of likely N-dealkylation sites (tertiary alicyclic amines) is 1. The Kier molecular flexibility index (Phi) is 4.65. The fourth-order valence-corrected chi connectivity index (χ4v) is 3.79. The Morgan fingerprint density at radius 1 is 1.33 bits per heavy atom. The van der Waals surface area contributed by atoms with E-state index in [4.69, 9.17) is 13.9 Å². The van der Waals surface area contributed by atoms with Crippen LogP contribution in [0.15, 0.2) is 41.1 Å². The number of ether oxygens (including phenoxy) is 2. The van der Waals surface area contributed by atoms with Gasteiger partial charge in [0.2, 0.25) is 0 Å². The van der Waals surface area contributed by atoms with Crippen molar-refractivity contribution in [2.24, 2.45) is 0 Å². The van der Waals surface area contributed by atoms with E-state index in [0.717, 1.165) is 49.6 Å². The fraction of sp³-hybridized carbons (Fsp3) is 0.526. The summed E-state index contributed by atoms with van der Waals surface area (Å²) in [5.41, 5.74) is 1.10. The lowest BCUT2D eigenvalue weighted by Crippen LogP contribution is -2.41. The molecule has 4 heterocycles. The van der Waals surface area contributed by atoms with Gasteiger partial charge in [-0.3, -0.25) is 9.88 Å². The molecule has 0 aliphatic carbocycles. The molecular weight excluding hydrogens is 304 g/mol. The van der Waals surface area contributed by atoms with Crippen LogP contribution in [0.5, 0.6) is 0 Å². The molecule has 0 radical (unpaired) electrons. The zero-order valence-corrected chi connectivity index (χ0v) is 14.1. The Labute approximate surface area is 142 Å². The molecule has 24 heavy (non-hydrogen) atoms. The number of rotatable bonds is 5. The molecule has 2 aromatic heterocycles. The van der Waals surface area contributed by atoms with Crippen molar-refractivity contribution in [2.45, 2.75) is 51.2 Å². The van der Waals surface area contributed by atoms with Gasteiger partial charge in [-0.05, 0) is 43.5 Å². The van der Waals surface area contributed by atoms with Crippen molar-refractivity contribution in [3.63, 3.8) is 0 Å². The van der Waals surface area contributed by atoms with Crippen LogP contribution in [0.2, 0.25) is 0 Å². The van der Waals surface area contributed by atoms with Gasteiger partial charge < -0.3 is 13.9 Å². The predicted molar refractivity (Wildman–Crippen MR) is 89.4 cm³/mol. The van der Waals surface area contributed by atoms with Crippen LogP contribution < -0.4 is 0 Å². The number of aryl methyl sites for hydroxylation is 1. The van der Waals surface area contributed by atoms with Crippen LogP contribution in [0.4, 0.5) is 0 Å².